The van der Waals surface area contributed by atoms with Crippen LogP contribution in [-0.2, 0) is 0 Å². The first-order chi connectivity index (χ1) is 8.10. The maximum absolute atomic E-state index is 6.35. The van der Waals surface area contributed by atoms with E-state index in [0.717, 1.165) is 18.3 Å². The fraction of sp³-hybridized carbons (Fsp3) is 1.00. The van der Waals surface area contributed by atoms with E-state index >= 15 is 0 Å². The van der Waals surface area contributed by atoms with E-state index in [1.54, 1.807) is 0 Å². The number of hydrogen-bond donors (Lipinski definition) is 1. The molecule has 3 heteroatoms. The molecule has 0 aromatic heterocycles. The molecule has 0 radical (unpaired) electrons. The van der Waals surface area contributed by atoms with Crippen LogP contribution in [-0.4, -0.2) is 54.6 Å². The second-order valence-electron chi connectivity index (χ2n) is 6.31. The van der Waals surface area contributed by atoms with Crippen LogP contribution in [0.15, 0.2) is 0 Å². The second kappa shape index (κ2) is 5.68. The third kappa shape index (κ3) is 3.21. The van der Waals surface area contributed by atoms with Crippen LogP contribution >= 0.6 is 0 Å². The van der Waals surface area contributed by atoms with Crippen LogP contribution < -0.4 is 5.73 Å². The summed E-state index contributed by atoms with van der Waals surface area (Å²) in [5.74, 6) is 1.67. The normalized spacial score (nSPS) is 41.6. The minimum Gasteiger partial charge on any atom is -0.326 e. The van der Waals surface area contributed by atoms with Gasteiger partial charge in [-0.1, -0.05) is 20.8 Å². The quantitative estimate of drug-likeness (QED) is 0.790. The van der Waals surface area contributed by atoms with Gasteiger partial charge in [0.05, 0.1) is 0 Å². The van der Waals surface area contributed by atoms with E-state index in [9.17, 15) is 0 Å². The Hall–Kier alpha value is -0.120. The molecule has 2 aliphatic heterocycles. The first kappa shape index (κ1) is 13.3. The van der Waals surface area contributed by atoms with E-state index in [0.29, 0.717) is 12.1 Å². The summed E-state index contributed by atoms with van der Waals surface area (Å²) in [5, 5.41) is 0. The van der Waals surface area contributed by atoms with E-state index in [1.165, 1.54) is 39.1 Å². The minimum absolute atomic E-state index is 0.385. The zero-order chi connectivity index (χ0) is 12.4. The van der Waals surface area contributed by atoms with Gasteiger partial charge in [-0.2, -0.15) is 0 Å². The van der Waals surface area contributed by atoms with Gasteiger partial charge in [0.15, 0.2) is 0 Å². The topological polar surface area (TPSA) is 32.5 Å². The molecular formula is C14H29N3. The van der Waals surface area contributed by atoms with Gasteiger partial charge in [0.25, 0.3) is 0 Å². The van der Waals surface area contributed by atoms with E-state index in [-0.39, 0.29) is 0 Å². The first-order valence-electron chi connectivity index (χ1n) is 7.32. The van der Waals surface area contributed by atoms with Crippen molar-refractivity contribution in [2.75, 3.05) is 32.7 Å². The lowest BCUT2D eigenvalue weighted by Crippen LogP contribution is -2.60. The van der Waals surface area contributed by atoms with Crippen LogP contribution in [0.4, 0.5) is 0 Å². The molecule has 2 aliphatic rings. The monoisotopic (exact) mass is 239 g/mol. The predicted molar refractivity (Wildman–Crippen MR) is 73.0 cm³/mol. The number of nitrogens with zero attached hydrogens (tertiary/aromatic N) is 2. The van der Waals surface area contributed by atoms with E-state index < -0.39 is 0 Å². The highest BCUT2D eigenvalue weighted by molar-refractivity contribution is 4.92. The number of rotatable bonds is 2. The lowest BCUT2D eigenvalue weighted by Gasteiger charge is -2.46. The van der Waals surface area contributed by atoms with Crippen molar-refractivity contribution in [2.24, 2.45) is 17.6 Å². The molecule has 100 valence electrons. The molecule has 4 atom stereocenters. The smallest absolute Gasteiger partial charge is 0.0375 e. The molecule has 17 heavy (non-hydrogen) atoms. The van der Waals surface area contributed by atoms with Crippen LogP contribution in [0, 0.1) is 11.8 Å². The molecule has 4 unspecified atom stereocenters. The molecule has 2 rings (SSSR count). The maximum atomic E-state index is 6.35. The summed E-state index contributed by atoms with van der Waals surface area (Å²) >= 11 is 0. The van der Waals surface area contributed by atoms with Crippen LogP contribution in [0.1, 0.15) is 33.6 Å². The highest BCUT2D eigenvalue weighted by Gasteiger charge is 2.34. The number of hydrogen-bond acceptors (Lipinski definition) is 3. The van der Waals surface area contributed by atoms with E-state index in [1.807, 2.05) is 0 Å². The number of likely N-dealkylation sites (N-methyl/N-ethyl adjacent to an activating group) is 1. The molecule has 2 saturated heterocycles. The SMILES string of the molecule is CCN1CCC(N)C(N2CC(C)CC(C)C2)C1. The lowest BCUT2D eigenvalue weighted by molar-refractivity contribution is 0.0378. The average Bonchev–Trinajstić information content (AvgIpc) is 2.28. The Labute approximate surface area is 106 Å². The standard InChI is InChI=1S/C14H29N3/c1-4-16-6-5-13(15)14(10-16)17-8-11(2)7-12(3)9-17/h11-14H,4-10,15H2,1-3H3. The molecule has 2 fully saturated rings. The van der Waals surface area contributed by atoms with Crippen molar-refractivity contribution < 1.29 is 0 Å². The van der Waals surface area contributed by atoms with Gasteiger partial charge in [-0.15, -0.1) is 0 Å². The van der Waals surface area contributed by atoms with Gasteiger partial charge >= 0.3 is 0 Å². The van der Waals surface area contributed by atoms with Crippen LogP contribution in [0.2, 0.25) is 0 Å². The zero-order valence-corrected chi connectivity index (χ0v) is 11.7. The van der Waals surface area contributed by atoms with Gasteiger partial charge in [-0.05, 0) is 37.8 Å². The Morgan fingerprint density at radius 2 is 1.76 bits per heavy atom. The molecule has 0 spiro atoms. The summed E-state index contributed by atoms with van der Waals surface area (Å²) in [4.78, 5) is 5.23. The van der Waals surface area contributed by atoms with Crippen molar-refractivity contribution in [3.8, 4) is 0 Å². The van der Waals surface area contributed by atoms with Crippen molar-refractivity contribution in [3.05, 3.63) is 0 Å². The molecular weight excluding hydrogens is 210 g/mol. The Morgan fingerprint density at radius 3 is 2.35 bits per heavy atom. The van der Waals surface area contributed by atoms with Crippen molar-refractivity contribution >= 4 is 0 Å². The first-order valence-corrected chi connectivity index (χ1v) is 7.32. The fourth-order valence-corrected chi connectivity index (χ4v) is 3.67. The molecule has 0 bridgehead atoms. The van der Waals surface area contributed by atoms with Gasteiger partial charge in [-0.25, -0.2) is 0 Å². The summed E-state index contributed by atoms with van der Waals surface area (Å²) in [6.07, 6.45) is 2.55. The van der Waals surface area contributed by atoms with Crippen LogP contribution in [0.25, 0.3) is 0 Å². The Kier molecular flexibility index (Phi) is 4.45. The third-order valence-corrected chi connectivity index (χ3v) is 4.53. The summed E-state index contributed by atoms with van der Waals surface area (Å²) in [5.41, 5.74) is 6.35. The minimum atomic E-state index is 0.385. The summed E-state index contributed by atoms with van der Waals surface area (Å²) < 4.78 is 0. The number of likely N-dealkylation sites (tertiary alicyclic amines) is 2. The molecule has 0 aromatic rings. The van der Waals surface area contributed by atoms with Crippen LogP contribution in [0.5, 0.6) is 0 Å². The zero-order valence-electron chi connectivity index (χ0n) is 11.7. The van der Waals surface area contributed by atoms with Gasteiger partial charge < -0.3 is 10.6 Å². The fourth-order valence-electron chi connectivity index (χ4n) is 3.67. The molecule has 3 nitrogen and oxygen atoms in total. The van der Waals surface area contributed by atoms with E-state index in [4.69, 9.17) is 5.73 Å². The molecule has 0 amide bonds. The van der Waals surface area contributed by atoms with Crippen molar-refractivity contribution in [2.45, 2.75) is 45.7 Å². The van der Waals surface area contributed by atoms with Gasteiger partial charge in [-0.3, -0.25) is 4.90 Å². The molecule has 0 aliphatic carbocycles. The molecule has 0 aromatic carbocycles. The summed E-state index contributed by atoms with van der Waals surface area (Å²) in [6, 6.07) is 0.976. The molecule has 2 heterocycles. The van der Waals surface area contributed by atoms with Gasteiger partial charge in [0.1, 0.15) is 0 Å². The maximum Gasteiger partial charge on any atom is 0.0375 e. The number of nitrogens with two attached hydrogens (primary N) is 1. The van der Waals surface area contributed by atoms with Crippen molar-refractivity contribution in [1.82, 2.24) is 9.80 Å². The van der Waals surface area contributed by atoms with Crippen LogP contribution in [0.3, 0.4) is 0 Å². The number of piperidine rings is 2. The Balaban J connectivity index is 1.98. The van der Waals surface area contributed by atoms with Crippen molar-refractivity contribution in [1.29, 1.82) is 0 Å². The highest BCUT2D eigenvalue weighted by Crippen LogP contribution is 2.25. The average molecular weight is 239 g/mol. The highest BCUT2D eigenvalue weighted by atomic mass is 15.3. The lowest BCUT2D eigenvalue weighted by atomic mass is 9.88. The second-order valence-corrected chi connectivity index (χ2v) is 6.31. The van der Waals surface area contributed by atoms with Gasteiger partial charge in [0, 0.05) is 31.7 Å². The Morgan fingerprint density at radius 1 is 1.12 bits per heavy atom. The Bertz CT molecular complexity index is 234. The largest absolute Gasteiger partial charge is 0.326 e. The third-order valence-electron chi connectivity index (χ3n) is 4.53. The van der Waals surface area contributed by atoms with E-state index in [2.05, 4.69) is 30.6 Å². The predicted octanol–water partition coefficient (Wildman–Crippen LogP) is 1.39. The summed E-state index contributed by atoms with van der Waals surface area (Å²) in [7, 11) is 0. The molecule has 2 N–H and O–H groups in total. The van der Waals surface area contributed by atoms with Gasteiger partial charge in [0.2, 0.25) is 0 Å². The summed E-state index contributed by atoms with van der Waals surface area (Å²) in [6.45, 7) is 13.1. The van der Waals surface area contributed by atoms with Crippen molar-refractivity contribution in [3.63, 3.8) is 0 Å². The molecule has 0 saturated carbocycles.